The highest BCUT2D eigenvalue weighted by molar-refractivity contribution is 6.42. The van der Waals surface area contributed by atoms with Gasteiger partial charge in [0.15, 0.2) is 0 Å². The summed E-state index contributed by atoms with van der Waals surface area (Å²) in [6.45, 7) is 1.62. The van der Waals surface area contributed by atoms with Gasteiger partial charge in [0.25, 0.3) is 0 Å². The molecular formula is C30H27Cl2NO6. The second-order valence-electron chi connectivity index (χ2n) is 8.88. The van der Waals surface area contributed by atoms with Crippen LogP contribution in [0.4, 0.5) is 5.69 Å². The number of carboxylic acid groups (broad SMARTS) is 2. The molecule has 39 heavy (non-hydrogen) atoms. The summed E-state index contributed by atoms with van der Waals surface area (Å²) in [5.74, 6) is -2.63. The maximum atomic E-state index is 11.6. The summed E-state index contributed by atoms with van der Waals surface area (Å²) >= 11 is 12.4. The smallest absolute Gasteiger partial charge is 0.340 e. The van der Waals surface area contributed by atoms with Gasteiger partial charge in [-0.3, -0.25) is 0 Å². The molecule has 0 radical (unpaired) electrons. The number of methoxy groups -OCH3 is 1. The fourth-order valence-corrected chi connectivity index (χ4v) is 4.67. The number of carboxylic acids is 2. The van der Waals surface area contributed by atoms with Gasteiger partial charge in [0, 0.05) is 24.8 Å². The van der Waals surface area contributed by atoms with E-state index >= 15 is 0 Å². The molecule has 0 aliphatic carbocycles. The van der Waals surface area contributed by atoms with Crippen LogP contribution in [0.25, 0.3) is 10.8 Å². The number of halogens is 2. The van der Waals surface area contributed by atoms with E-state index < -0.39 is 23.1 Å². The lowest BCUT2D eigenvalue weighted by molar-refractivity contribution is 0.0648. The third kappa shape index (κ3) is 6.93. The molecule has 4 aromatic carbocycles. The Balaban J connectivity index is 1.46. The van der Waals surface area contributed by atoms with Gasteiger partial charge in [0.1, 0.15) is 17.1 Å². The summed E-state index contributed by atoms with van der Waals surface area (Å²) in [4.78, 5) is 25.4. The third-order valence-electron chi connectivity index (χ3n) is 6.33. The Morgan fingerprint density at radius 1 is 0.846 bits per heavy atom. The number of benzene rings is 4. The number of hydrogen-bond donors (Lipinski definition) is 2. The monoisotopic (exact) mass is 567 g/mol. The van der Waals surface area contributed by atoms with E-state index in [-0.39, 0.29) is 18.1 Å². The standard InChI is InChI=1S/C30H27Cl2NO6/c1-38-27-18-23(17-24(29(34)35)28(27)30(36)37)39-14-4-12-33(22-9-10-25(31)26(32)16-22)13-11-19-7-8-20-5-2-3-6-21(20)15-19/h2-3,5-10,15-18H,4,11-14H2,1H3,(H,34,35)(H,36,37). The van der Waals surface area contributed by atoms with E-state index in [0.29, 0.717) is 23.0 Å². The van der Waals surface area contributed by atoms with E-state index in [4.69, 9.17) is 32.7 Å². The SMILES string of the molecule is COc1cc(OCCCN(CCc2ccc3ccccc3c2)c2ccc(Cl)c(Cl)c2)cc(C(=O)O)c1C(=O)O. The molecular weight excluding hydrogens is 541 g/mol. The molecule has 7 nitrogen and oxygen atoms in total. The van der Waals surface area contributed by atoms with Crippen LogP contribution in [0.2, 0.25) is 10.0 Å². The van der Waals surface area contributed by atoms with Crippen molar-refractivity contribution in [3.05, 3.63) is 99.5 Å². The first-order valence-electron chi connectivity index (χ1n) is 12.3. The van der Waals surface area contributed by atoms with Crippen molar-refractivity contribution in [1.82, 2.24) is 0 Å². The van der Waals surface area contributed by atoms with E-state index in [2.05, 4.69) is 35.2 Å². The molecule has 0 atom stereocenters. The quantitative estimate of drug-likeness (QED) is 0.177. The van der Waals surface area contributed by atoms with Crippen LogP contribution in [0.5, 0.6) is 11.5 Å². The van der Waals surface area contributed by atoms with Gasteiger partial charge in [-0.15, -0.1) is 0 Å². The van der Waals surface area contributed by atoms with E-state index in [1.165, 1.54) is 35.6 Å². The highest BCUT2D eigenvalue weighted by Crippen LogP contribution is 2.30. The van der Waals surface area contributed by atoms with Gasteiger partial charge in [-0.2, -0.15) is 0 Å². The molecule has 0 saturated carbocycles. The molecule has 0 unspecified atom stereocenters. The number of fused-ring (bicyclic) bond motifs is 1. The van der Waals surface area contributed by atoms with Crippen molar-refractivity contribution in [2.24, 2.45) is 0 Å². The highest BCUT2D eigenvalue weighted by atomic mass is 35.5. The topological polar surface area (TPSA) is 96.3 Å². The fraction of sp³-hybridized carbons (Fsp3) is 0.200. The first-order chi connectivity index (χ1) is 18.8. The Hall–Kier alpha value is -3.94. The Morgan fingerprint density at radius 3 is 2.31 bits per heavy atom. The van der Waals surface area contributed by atoms with Gasteiger partial charge in [-0.05, 0) is 53.4 Å². The minimum atomic E-state index is -1.39. The van der Waals surface area contributed by atoms with E-state index in [0.717, 1.165) is 18.7 Å². The van der Waals surface area contributed by atoms with Gasteiger partial charge < -0.3 is 24.6 Å². The molecule has 0 heterocycles. The zero-order valence-electron chi connectivity index (χ0n) is 21.2. The summed E-state index contributed by atoms with van der Waals surface area (Å²) < 4.78 is 10.9. The Kier molecular flexibility index (Phi) is 9.17. The van der Waals surface area contributed by atoms with Gasteiger partial charge in [0.2, 0.25) is 0 Å². The van der Waals surface area contributed by atoms with Crippen LogP contribution < -0.4 is 14.4 Å². The number of aromatic carboxylic acids is 2. The number of anilines is 1. The summed E-state index contributed by atoms with van der Waals surface area (Å²) in [7, 11) is 1.28. The van der Waals surface area contributed by atoms with Gasteiger partial charge in [-0.1, -0.05) is 65.7 Å². The second-order valence-corrected chi connectivity index (χ2v) is 9.69. The van der Waals surface area contributed by atoms with Crippen molar-refractivity contribution < 1.29 is 29.3 Å². The van der Waals surface area contributed by atoms with Crippen molar-refractivity contribution in [2.75, 3.05) is 31.7 Å². The zero-order valence-corrected chi connectivity index (χ0v) is 22.7. The normalized spacial score (nSPS) is 10.8. The van der Waals surface area contributed by atoms with E-state index in [1.54, 1.807) is 6.07 Å². The van der Waals surface area contributed by atoms with Crippen LogP contribution in [0, 0.1) is 0 Å². The molecule has 4 aromatic rings. The second kappa shape index (κ2) is 12.7. The summed E-state index contributed by atoms with van der Waals surface area (Å²) in [5.41, 5.74) is 1.31. The Bertz CT molecular complexity index is 1510. The molecule has 0 amide bonds. The van der Waals surface area contributed by atoms with Crippen LogP contribution in [-0.4, -0.2) is 49.0 Å². The average molecular weight is 568 g/mol. The molecule has 4 rings (SSSR count). The summed E-state index contributed by atoms with van der Waals surface area (Å²) in [6.07, 6.45) is 1.41. The molecule has 0 aliphatic rings. The molecule has 9 heteroatoms. The minimum Gasteiger partial charge on any atom is -0.496 e. The van der Waals surface area contributed by atoms with Crippen molar-refractivity contribution in [1.29, 1.82) is 0 Å². The van der Waals surface area contributed by atoms with E-state index in [1.807, 2.05) is 24.3 Å². The number of rotatable bonds is 12. The van der Waals surface area contributed by atoms with Gasteiger partial charge >= 0.3 is 11.9 Å². The van der Waals surface area contributed by atoms with Crippen molar-refractivity contribution in [3.63, 3.8) is 0 Å². The average Bonchev–Trinajstić information content (AvgIpc) is 2.93. The number of nitrogens with zero attached hydrogens (tertiary/aromatic N) is 1. The molecule has 0 saturated heterocycles. The number of ether oxygens (including phenoxy) is 2. The number of hydrogen-bond acceptors (Lipinski definition) is 5. The van der Waals surface area contributed by atoms with Crippen LogP contribution >= 0.6 is 23.2 Å². The molecule has 0 bridgehead atoms. The lowest BCUT2D eigenvalue weighted by Gasteiger charge is -2.25. The van der Waals surface area contributed by atoms with Crippen LogP contribution in [0.1, 0.15) is 32.7 Å². The zero-order chi connectivity index (χ0) is 27.9. The third-order valence-corrected chi connectivity index (χ3v) is 7.07. The fourth-order valence-electron chi connectivity index (χ4n) is 4.38. The predicted octanol–water partition coefficient (Wildman–Crippen LogP) is 7.07. The van der Waals surface area contributed by atoms with Crippen molar-refractivity contribution >= 4 is 51.6 Å². The molecule has 0 fully saturated rings. The lowest BCUT2D eigenvalue weighted by Crippen LogP contribution is -2.28. The lowest BCUT2D eigenvalue weighted by atomic mass is 10.0. The van der Waals surface area contributed by atoms with Crippen molar-refractivity contribution in [2.45, 2.75) is 12.8 Å². The summed E-state index contributed by atoms with van der Waals surface area (Å²) in [5, 5.41) is 22.2. The Morgan fingerprint density at radius 2 is 1.62 bits per heavy atom. The summed E-state index contributed by atoms with van der Waals surface area (Å²) in [6, 6.07) is 22.8. The van der Waals surface area contributed by atoms with Crippen LogP contribution in [0.15, 0.2) is 72.8 Å². The molecule has 202 valence electrons. The van der Waals surface area contributed by atoms with Crippen LogP contribution in [0.3, 0.4) is 0 Å². The molecule has 2 N–H and O–H groups in total. The van der Waals surface area contributed by atoms with Gasteiger partial charge in [0.05, 0.1) is 29.3 Å². The maximum Gasteiger partial charge on any atom is 0.340 e. The molecule has 0 aliphatic heterocycles. The molecule has 0 spiro atoms. The van der Waals surface area contributed by atoms with Gasteiger partial charge in [-0.25, -0.2) is 9.59 Å². The number of carbonyl (C=O) groups is 2. The highest BCUT2D eigenvalue weighted by Gasteiger charge is 2.23. The first kappa shape index (κ1) is 28.1. The molecule has 0 aromatic heterocycles. The first-order valence-corrected chi connectivity index (χ1v) is 13.0. The van der Waals surface area contributed by atoms with Crippen molar-refractivity contribution in [3.8, 4) is 11.5 Å². The predicted molar refractivity (Wildman–Crippen MR) is 153 cm³/mol. The van der Waals surface area contributed by atoms with E-state index in [9.17, 15) is 19.8 Å². The Labute approximate surface area is 236 Å². The maximum absolute atomic E-state index is 11.6. The van der Waals surface area contributed by atoms with Crippen LogP contribution in [-0.2, 0) is 6.42 Å². The largest absolute Gasteiger partial charge is 0.496 e. The minimum absolute atomic E-state index is 0.0785.